The number of nitro groups is 1. The van der Waals surface area contributed by atoms with Crippen molar-refractivity contribution in [3.05, 3.63) is 80.2 Å². The molecule has 0 aliphatic carbocycles. The summed E-state index contributed by atoms with van der Waals surface area (Å²) in [5, 5.41) is 11.5. The first kappa shape index (κ1) is 18.3. The van der Waals surface area contributed by atoms with Crippen molar-refractivity contribution >= 4 is 22.4 Å². The van der Waals surface area contributed by atoms with Gasteiger partial charge >= 0.3 is 5.63 Å². The van der Waals surface area contributed by atoms with Gasteiger partial charge in [0, 0.05) is 24.5 Å². The zero-order valence-electron chi connectivity index (χ0n) is 14.8. The van der Waals surface area contributed by atoms with Crippen molar-refractivity contribution < 1.29 is 18.9 Å². The summed E-state index contributed by atoms with van der Waals surface area (Å²) in [6, 6.07) is 12.7. The highest BCUT2D eigenvalue weighted by atomic mass is 16.6. The van der Waals surface area contributed by atoms with Crippen LogP contribution in [0.15, 0.2) is 57.7 Å². The molecule has 7 heteroatoms. The van der Waals surface area contributed by atoms with E-state index < -0.39 is 16.5 Å². The number of nitrogens with zero attached hydrogens (tertiary/aromatic N) is 1. The maximum absolute atomic E-state index is 12.7. The van der Waals surface area contributed by atoms with Gasteiger partial charge in [-0.1, -0.05) is 24.3 Å². The Labute approximate surface area is 154 Å². The molecular formula is C20H17NO6. The number of methoxy groups -OCH3 is 1. The molecule has 0 saturated carbocycles. The van der Waals surface area contributed by atoms with Gasteiger partial charge in [-0.2, -0.15) is 0 Å². The topological polar surface area (TPSA) is 99.6 Å². The Hall–Kier alpha value is -3.48. The summed E-state index contributed by atoms with van der Waals surface area (Å²) in [6.07, 6.45) is 0.0390. The fourth-order valence-corrected chi connectivity index (χ4v) is 3.16. The summed E-state index contributed by atoms with van der Waals surface area (Å²) in [5.74, 6) is -0.432. The van der Waals surface area contributed by atoms with Gasteiger partial charge < -0.3 is 9.15 Å². The van der Waals surface area contributed by atoms with Crippen LogP contribution in [0.25, 0.3) is 11.0 Å². The molecule has 1 aromatic heterocycles. The molecule has 0 spiro atoms. The fraction of sp³-hybridized carbons (Fsp3) is 0.200. The zero-order valence-corrected chi connectivity index (χ0v) is 14.8. The van der Waals surface area contributed by atoms with Crippen LogP contribution in [-0.2, 0) is 4.79 Å². The van der Waals surface area contributed by atoms with Crippen molar-refractivity contribution in [2.24, 2.45) is 0 Å². The van der Waals surface area contributed by atoms with Crippen LogP contribution in [0.1, 0.15) is 30.4 Å². The third-order valence-corrected chi connectivity index (χ3v) is 4.35. The van der Waals surface area contributed by atoms with Crippen LogP contribution in [0.2, 0.25) is 0 Å². The Balaban J connectivity index is 2.24. The molecule has 0 fully saturated rings. The van der Waals surface area contributed by atoms with Crippen molar-refractivity contribution in [2.45, 2.75) is 19.3 Å². The van der Waals surface area contributed by atoms with Crippen LogP contribution in [0.4, 0.5) is 5.69 Å². The van der Waals surface area contributed by atoms with E-state index in [1.807, 2.05) is 0 Å². The van der Waals surface area contributed by atoms with Gasteiger partial charge in [0.15, 0.2) is 0 Å². The number of non-ortho nitro benzene ring substituents is 1. The van der Waals surface area contributed by atoms with Crippen molar-refractivity contribution in [1.29, 1.82) is 0 Å². The summed E-state index contributed by atoms with van der Waals surface area (Å²) < 4.78 is 10.9. The largest absolute Gasteiger partial charge is 0.495 e. The van der Waals surface area contributed by atoms with Gasteiger partial charge in [0.05, 0.1) is 23.0 Å². The molecule has 1 unspecified atom stereocenters. The average molecular weight is 367 g/mol. The number of carbonyl (C=O) groups excluding carboxylic acids is 1. The van der Waals surface area contributed by atoms with Crippen molar-refractivity contribution in [3.63, 3.8) is 0 Å². The van der Waals surface area contributed by atoms with E-state index in [1.54, 1.807) is 36.4 Å². The van der Waals surface area contributed by atoms with Crippen LogP contribution in [-0.4, -0.2) is 17.8 Å². The Kier molecular flexibility index (Phi) is 5.03. The van der Waals surface area contributed by atoms with Gasteiger partial charge in [-0.3, -0.25) is 14.9 Å². The number of nitro benzene ring substituents is 1. The smallest absolute Gasteiger partial charge is 0.343 e. The zero-order chi connectivity index (χ0) is 19.6. The number of fused-ring (bicyclic) bond motifs is 1. The van der Waals surface area contributed by atoms with E-state index in [2.05, 4.69) is 0 Å². The molecule has 138 valence electrons. The minimum atomic E-state index is -0.640. The molecule has 0 bridgehead atoms. The van der Waals surface area contributed by atoms with Gasteiger partial charge in [-0.25, -0.2) is 4.79 Å². The molecule has 0 aliphatic heterocycles. The number of hydrogen-bond donors (Lipinski definition) is 0. The third kappa shape index (κ3) is 3.57. The second kappa shape index (κ2) is 7.41. The highest BCUT2D eigenvalue weighted by molar-refractivity contribution is 5.85. The summed E-state index contributed by atoms with van der Waals surface area (Å²) >= 11 is 0. The van der Waals surface area contributed by atoms with Gasteiger partial charge in [0.1, 0.15) is 17.1 Å². The highest BCUT2D eigenvalue weighted by Gasteiger charge is 2.27. The van der Waals surface area contributed by atoms with E-state index >= 15 is 0 Å². The Morgan fingerprint density at radius 3 is 2.44 bits per heavy atom. The Morgan fingerprint density at radius 1 is 1.19 bits per heavy atom. The van der Waals surface area contributed by atoms with E-state index in [1.165, 1.54) is 26.2 Å². The molecule has 0 amide bonds. The second-order valence-electron chi connectivity index (χ2n) is 6.14. The maximum atomic E-state index is 12.7. The molecule has 2 aromatic carbocycles. The van der Waals surface area contributed by atoms with Crippen molar-refractivity contribution in [2.75, 3.05) is 7.11 Å². The lowest BCUT2D eigenvalue weighted by Crippen LogP contribution is -2.18. The molecule has 0 N–H and O–H groups in total. The molecule has 1 heterocycles. The number of ketones is 1. The fourth-order valence-electron chi connectivity index (χ4n) is 3.16. The number of rotatable bonds is 6. The monoisotopic (exact) mass is 367 g/mol. The molecule has 0 saturated heterocycles. The lowest BCUT2D eigenvalue weighted by molar-refractivity contribution is -0.384. The molecule has 0 radical (unpaired) electrons. The first-order chi connectivity index (χ1) is 12.9. The number of benzene rings is 2. The van der Waals surface area contributed by atoms with Crippen molar-refractivity contribution in [1.82, 2.24) is 0 Å². The number of para-hydroxylation sites is 1. The maximum Gasteiger partial charge on any atom is 0.343 e. The first-order valence-electron chi connectivity index (χ1n) is 8.26. The Bertz CT molecular complexity index is 1070. The lowest BCUT2D eigenvalue weighted by atomic mass is 9.87. The standard InChI is InChI=1S/C20H17NO6/c1-12(22)11-16(13-7-9-14(10-8-13)21(24)25)18-19(26-2)15-5-3-4-6-17(15)27-20(18)23/h3-10,16H,11H2,1-2H3. The summed E-state index contributed by atoms with van der Waals surface area (Å²) in [4.78, 5) is 35.0. The number of Topliss-reactive ketones (excluding diaryl/α,β-unsaturated/α-hetero) is 1. The first-order valence-corrected chi connectivity index (χ1v) is 8.26. The van der Waals surface area contributed by atoms with Crippen molar-refractivity contribution in [3.8, 4) is 5.75 Å². The molecular weight excluding hydrogens is 350 g/mol. The van der Waals surface area contributed by atoms with Gasteiger partial charge in [0.25, 0.3) is 5.69 Å². The highest BCUT2D eigenvalue weighted by Crippen LogP contribution is 2.37. The normalized spacial score (nSPS) is 11.9. The van der Waals surface area contributed by atoms with E-state index in [4.69, 9.17) is 9.15 Å². The quantitative estimate of drug-likeness (QED) is 0.373. The van der Waals surface area contributed by atoms with E-state index in [-0.39, 0.29) is 23.5 Å². The van der Waals surface area contributed by atoms with Gasteiger partial charge in [-0.05, 0) is 24.6 Å². The number of carbonyl (C=O) groups is 1. The molecule has 3 rings (SSSR count). The predicted octanol–water partition coefficient (Wildman–Crippen LogP) is 3.82. The molecule has 27 heavy (non-hydrogen) atoms. The Morgan fingerprint density at radius 2 is 1.85 bits per heavy atom. The average Bonchev–Trinajstić information content (AvgIpc) is 2.65. The van der Waals surface area contributed by atoms with Crippen LogP contribution < -0.4 is 10.4 Å². The van der Waals surface area contributed by atoms with E-state index in [0.717, 1.165) is 0 Å². The molecule has 0 aliphatic rings. The minimum Gasteiger partial charge on any atom is -0.495 e. The predicted molar refractivity (Wildman–Crippen MR) is 99.3 cm³/mol. The number of ether oxygens (including phenoxy) is 1. The van der Waals surface area contributed by atoms with Gasteiger partial charge in [0.2, 0.25) is 0 Å². The summed E-state index contributed by atoms with van der Waals surface area (Å²) in [7, 11) is 1.45. The number of hydrogen-bond acceptors (Lipinski definition) is 6. The van der Waals surface area contributed by atoms with Crippen LogP contribution in [0.3, 0.4) is 0 Å². The molecule has 7 nitrogen and oxygen atoms in total. The van der Waals surface area contributed by atoms with Crippen LogP contribution >= 0.6 is 0 Å². The third-order valence-electron chi connectivity index (χ3n) is 4.35. The molecule has 1 atom stereocenters. The van der Waals surface area contributed by atoms with Crippen LogP contribution in [0.5, 0.6) is 5.75 Å². The lowest BCUT2D eigenvalue weighted by Gasteiger charge is -2.19. The minimum absolute atomic E-state index is 0.0390. The summed E-state index contributed by atoms with van der Waals surface area (Å²) in [5.41, 5.74) is 0.526. The van der Waals surface area contributed by atoms with E-state index in [0.29, 0.717) is 22.3 Å². The van der Waals surface area contributed by atoms with E-state index in [9.17, 15) is 19.7 Å². The van der Waals surface area contributed by atoms with Gasteiger partial charge in [-0.15, -0.1) is 0 Å². The van der Waals surface area contributed by atoms with Crippen LogP contribution in [0, 0.1) is 10.1 Å². The second-order valence-corrected chi connectivity index (χ2v) is 6.14. The molecule has 3 aromatic rings. The SMILES string of the molecule is COc1c(C(CC(C)=O)c2ccc([N+](=O)[O-])cc2)c(=O)oc2ccccc12. The summed E-state index contributed by atoms with van der Waals surface area (Å²) in [6.45, 7) is 1.42.